The molecule has 21 heavy (non-hydrogen) atoms. The van der Waals surface area contributed by atoms with Crippen LogP contribution in [0.4, 0.5) is 0 Å². The molecule has 0 atom stereocenters. The average molecular weight is 298 g/mol. The summed E-state index contributed by atoms with van der Waals surface area (Å²) in [4.78, 5) is 18.2. The third kappa shape index (κ3) is 7.82. The van der Waals surface area contributed by atoms with Gasteiger partial charge in [0.05, 0.1) is 12.6 Å². The summed E-state index contributed by atoms with van der Waals surface area (Å²) in [6, 6.07) is 0.304. The van der Waals surface area contributed by atoms with Crippen LogP contribution in [0.1, 0.15) is 77.6 Å². The van der Waals surface area contributed by atoms with Crippen LogP contribution < -0.4 is 5.32 Å². The van der Waals surface area contributed by atoms with E-state index in [0.29, 0.717) is 19.1 Å². The van der Waals surface area contributed by atoms with E-state index in [-0.39, 0.29) is 5.91 Å². The van der Waals surface area contributed by atoms with Crippen molar-refractivity contribution < 1.29 is 9.63 Å². The molecule has 0 spiro atoms. The first-order valence-electron chi connectivity index (χ1n) is 8.89. The standard InChI is InChI=1S/C17H34N2O2/c1-3-4-5-6-10-13-17(20)19(21-15-14-18-2)16-11-8-7-9-12-16/h16,18H,3-15H2,1-2H3. The third-order valence-electron chi connectivity index (χ3n) is 4.23. The van der Waals surface area contributed by atoms with Crippen LogP contribution >= 0.6 is 0 Å². The van der Waals surface area contributed by atoms with Gasteiger partial charge in [-0.25, -0.2) is 5.06 Å². The summed E-state index contributed by atoms with van der Waals surface area (Å²) in [7, 11) is 1.91. The number of hydroxylamine groups is 2. The Balaban J connectivity index is 2.35. The molecule has 1 rings (SSSR count). The van der Waals surface area contributed by atoms with Gasteiger partial charge in [-0.2, -0.15) is 0 Å². The lowest BCUT2D eigenvalue weighted by Gasteiger charge is -2.33. The predicted molar refractivity (Wildman–Crippen MR) is 87.0 cm³/mol. The fraction of sp³-hybridized carbons (Fsp3) is 0.941. The molecule has 4 nitrogen and oxygen atoms in total. The largest absolute Gasteiger partial charge is 0.317 e. The number of likely N-dealkylation sites (N-methyl/N-ethyl adjacent to an activating group) is 1. The maximum atomic E-state index is 12.4. The fourth-order valence-electron chi connectivity index (χ4n) is 2.93. The van der Waals surface area contributed by atoms with Gasteiger partial charge < -0.3 is 5.32 Å². The molecule has 1 saturated carbocycles. The SMILES string of the molecule is CCCCCCCC(=O)N(OCCNC)C1CCCCC1. The minimum Gasteiger partial charge on any atom is -0.317 e. The summed E-state index contributed by atoms with van der Waals surface area (Å²) >= 11 is 0. The molecule has 0 bridgehead atoms. The fourth-order valence-corrected chi connectivity index (χ4v) is 2.93. The van der Waals surface area contributed by atoms with Gasteiger partial charge in [-0.05, 0) is 26.3 Å². The first kappa shape index (κ1) is 18.4. The van der Waals surface area contributed by atoms with Gasteiger partial charge in [0, 0.05) is 13.0 Å². The second kappa shape index (κ2) is 12.0. The number of rotatable bonds is 11. The summed E-state index contributed by atoms with van der Waals surface area (Å²) in [6.07, 6.45) is 12.5. The highest BCUT2D eigenvalue weighted by Crippen LogP contribution is 2.24. The number of hydrogen-bond donors (Lipinski definition) is 1. The van der Waals surface area contributed by atoms with Crippen molar-refractivity contribution >= 4 is 5.91 Å². The van der Waals surface area contributed by atoms with E-state index in [1.54, 1.807) is 5.06 Å². The Morgan fingerprint density at radius 2 is 1.86 bits per heavy atom. The lowest BCUT2D eigenvalue weighted by molar-refractivity contribution is -0.203. The molecule has 0 aromatic rings. The van der Waals surface area contributed by atoms with Crippen LogP contribution in [-0.4, -0.2) is 37.2 Å². The monoisotopic (exact) mass is 298 g/mol. The number of carbonyl (C=O) groups excluding carboxylic acids is 1. The molecule has 0 radical (unpaired) electrons. The van der Waals surface area contributed by atoms with Crippen molar-refractivity contribution in [3.8, 4) is 0 Å². The van der Waals surface area contributed by atoms with Crippen molar-refractivity contribution in [2.75, 3.05) is 20.2 Å². The number of carbonyl (C=O) groups is 1. The van der Waals surface area contributed by atoms with Crippen LogP contribution in [0.3, 0.4) is 0 Å². The van der Waals surface area contributed by atoms with Crippen LogP contribution in [0.2, 0.25) is 0 Å². The smallest absolute Gasteiger partial charge is 0.246 e. The van der Waals surface area contributed by atoms with E-state index < -0.39 is 0 Å². The van der Waals surface area contributed by atoms with E-state index in [1.165, 1.54) is 38.5 Å². The van der Waals surface area contributed by atoms with Crippen molar-refractivity contribution in [1.82, 2.24) is 10.4 Å². The molecule has 1 aliphatic rings. The van der Waals surface area contributed by atoms with Crippen molar-refractivity contribution in [1.29, 1.82) is 0 Å². The van der Waals surface area contributed by atoms with Gasteiger partial charge in [0.2, 0.25) is 5.91 Å². The Morgan fingerprint density at radius 1 is 1.14 bits per heavy atom. The Morgan fingerprint density at radius 3 is 2.52 bits per heavy atom. The molecule has 1 fully saturated rings. The molecular formula is C17H34N2O2. The summed E-state index contributed by atoms with van der Waals surface area (Å²) in [5, 5.41) is 4.79. The summed E-state index contributed by atoms with van der Waals surface area (Å²) in [6.45, 7) is 3.58. The first-order valence-corrected chi connectivity index (χ1v) is 8.89. The molecule has 0 unspecified atom stereocenters. The molecule has 1 amide bonds. The minimum absolute atomic E-state index is 0.189. The Bertz CT molecular complexity index is 266. The maximum absolute atomic E-state index is 12.4. The van der Waals surface area contributed by atoms with Gasteiger partial charge in [0.1, 0.15) is 0 Å². The number of nitrogens with zero attached hydrogens (tertiary/aromatic N) is 1. The van der Waals surface area contributed by atoms with Crippen molar-refractivity contribution in [2.45, 2.75) is 83.6 Å². The van der Waals surface area contributed by atoms with Gasteiger partial charge in [-0.1, -0.05) is 51.9 Å². The topological polar surface area (TPSA) is 41.6 Å². The van der Waals surface area contributed by atoms with Crippen molar-refractivity contribution in [3.63, 3.8) is 0 Å². The zero-order chi connectivity index (χ0) is 15.3. The zero-order valence-electron chi connectivity index (χ0n) is 14.0. The summed E-state index contributed by atoms with van der Waals surface area (Å²) in [5.41, 5.74) is 0. The third-order valence-corrected chi connectivity index (χ3v) is 4.23. The second-order valence-electron chi connectivity index (χ2n) is 6.11. The first-order chi connectivity index (χ1) is 10.3. The zero-order valence-corrected chi connectivity index (χ0v) is 14.0. The quantitative estimate of drug-likeness (QED) is 0.467. The molecule has 4 heteroatoms. The van der Waals surface area contributed by atoms with E-state index in [9.17, 15) is 4.79 Å². The number of unbranched alkanes of at least 4 members (excludes halogenated alkanes) is 4. The average Bonchev–Trinajstić information content (AvgIpc) is 2.52. The summed E-state index contributed by atoms with van der Waals surface area (Å²) in [5.74, 6) is 0.189. The van der Waals surface area contributed by atoms with Crippen LogP contribution in [0.5, 0.6) is 0 Å². The normalized spacial score (nSPS) is 16.1. The molecule has 124 valence electrons. The van der Waals surface area contributed by atoms with Gasteiger partial charge in [0.25, 0.3) is 0 Å². The Kier molecular flexibility index (Phi) is 10.5. The molecule has 1 N–H and O–H groups in total. The predicted octanol–water partition coefficient (Wildman–Crippen LogP) is 3.66. The van der Waals surface area contributed by atoms with Gasteiger partial charge in [-0.3, -0.25) is 9.63 Å². The number of nitrogens with one attached hydrogen (secondary N) is 1. The Labute approximate surface area is 130 Å². The molecule has 0 aromatic heterocycles. The lowest BCUT2D eigenvalue weighted by atomic mass is 9.95. The van der Waals surface area contributed by atoms with E-state index in [2.05, 4.69) is 12.2 Å². The highest BCUT2D eigenvalue weighted by atomic mass is 16.7. The van der Waals surface area contributed by atoms with Gasteiger partial charge in [0.15, 0.2) is 0 Å². The van der Waals surface area contributed by atoms with Crippen molar-refractivity contribution in [3.05, 3.63) is 0 Å². The molecule has 1 aliphatic carbocycles. The molecule has 0 aromatic carbocycles. The van der Waals surface area contributed by atoms with E-state index >= 15 is 0 Å². The minimum atomic E-state index is 0.189. The van der Waals surface area contributed by atoms with E-state index in [4.69, 9.17) is 4.84 Å². The van der Waals surface area contributed by atoms with Crippen molar-refractivity contribution in [2.24, 2.45) is 0 Å². The number of amides is 1. The molecule has 0 heterocycles. The molecular weight excluding hydrogens is 264 g/mol. The summed E-state index contributed by atoms with van der Waals surface area (Å²) < 4.78 is 0. The highest BCUT2D eigenvalue weighted by Gasteiger charge is 2.26. The van der Waals surface area contributed by atoms with Crippen LogP contribution in [0, 0.1) is 0 Å². The molecule has 0 aliphatic heterocycles. The lowest BCUT2D eigenvalue weighted by Crippen LogP contribution is -2.42. The maximum Gasteiger partial charge on any atom is 0.246 e. The van der Waals surface area contributed by atoms with Crippen LogP contribution in [0.25, 0.3) is 0 Å². The molecule has 0 saturated heterocycles. The van der Waals surface area contributed by atoms with E-state index in [1.807, 2.05) is 7.05 Å². The van der Waals surface area contributed by atoms with E-state index in [0.717, 1.165) is 32.2 Å². The number of hydrogen-bond acceptors (Lipinski definition) is 3. The van der Waals surface area contributed by atoms with Gasteiger partial charge >= 0.3 is 0 Å². The van der Waals surface area contributed by atoms with Gasteiger partial charge in [-0.15, -0.1) is 0 Å². The van der Waals surface area contributed by atoms with Crippen LogP contribution in [0.15, 0.2) is 0 Å². The highest BCUT2D eigenvalue weighted by molar-refractivity contribution is 5.75. The Hall–Kier alpha value is -0.610. The van der Waals surface area contributed by atoms with Crippen LogP contribution in [-0.2, 0) is 9.63 Å². The second-order valence-corrected chi connectivity index (χ2v) is 6.11.